The zero-order chi connectivity index (χ0) is 13.3. The fraction of sp³-hybridized carbons (Fsp3) is 0.375. The molecule has 0 fully saturated rings. The molecule has 0 radical (unpaired) electrons. The first-order valence-electron chi connectivity index (χ1n) is 6.47. The van der Waals surface area contributed by atoms with Gasteiger partial charge in [-0.1, -0.05) is 31.2 Å². The maximum absolute atomic E-state index is 10.6. The second kappa shape index (κ2) is 4.99. The first-order chi connectivity index (χ1) is 8.56. The van der Waals surface area contributed by atoms with Crippen LogP contribution >= 0.6 is 0 Å². The van der Waals surface area contributed by atoms with Gasteiger partial charge in [0, 0.05) is 5.69 Å². The molecule has 96 valence electrons. The van der Waals surface area contributed by atoms with Crippen LogP contribution in [0.15, 0.2) is 24.3 Å². The number of nitrogens with one attached hydrogen (secondary N) is 1. The van der Waals surface area contributed by atoms with Crippen LogP contribution in [-0.2, 0) is 6.42 Å². The molecule has 0 spiro atoms. The SMILES string of the molecule is CCc1ccccc1C(O)c1[nH]c(C)c(C)c1C. The third-order valence-corrected chi connectivity index (χ3v) is 3.86. The lowest BCUT2D eigenvalue weighted by Crippen LogP contribution is -2.05. The summed E-state index contributed by atoms with van der Waals surface area (Å²) in [6.07, 6.45) is 0.374. The quantitative estimate of drug-likeness (QED) is 0.849. The van der Waals surface area contributed by atoms with Crippen molar-refractivity contribution >= 4 is 0 Å². The summed E-state index contributed by atoms with van der Waals surface area (Å²) in [4.78, 5) is 3.31. The molecule has 2 N–H and O–H groups in total. The number of benzene rings is 1. The Bertz CT molecular complexity index is 554. The number of H-pyrrole nitrogens is 1. The van der Waals surface area contributed by atoms with Crippen LogP contribution in [0, 0.1) is 20.8 Å². The number of aliphatic hydroxyl groups is 1. The average molecular weight is 243 g/mol. The van der Waals surface area contributed by atoms with E-state index in [1.807, 2.05) is 25.1 Å². The molecule has 1 unspecified atom stereocenters. The molecular formula is C16H21NO. The number of rotatable bonds is 3. The summed E-state index contributed by atoms with van der Waals surface area (Å²) in [5.74, 6) is 0. The molecule has 1 aromatic heterocycles. The molecule has 0 saturated heterocycles. The van der Waals surface area contributed by atoms with Crippen LogP contribution in [0.5, 0.6) is 0 Å². The van der Waals surface area contributed by atoms with E-state index in [0.29, 0.717) is 0 Å². The van der Waals surface area contributed by atoms with E-state index in [2.05, 4.69) is 31.8 Å². The van der Waals surface area contributed by atoms with E-state index in [-0.39, 0.29) is 0 Å². The fourth-order valence-electron chi connectivity index (χ4n) is 2.42. The minimum Gasteiger partial charge on any atom is -0.382 e. The molecule has 0 amide bonds. The maximum Gasteiger partial charge on any atom is 0.119 e. The molecule has 2 rings (SSSR count). The Hall–Kier alpha value is -1.54. The summed E-state index contributed by atoms with van der Waals surface area (Å²) < 4.78 is 0. The summed E-state index contributed by atoms with van der Waals surface area (Å²) in [5, 5.41) is 10.6. The van der Waals surface area contributed by atoms with Gasteiger partial charge in [-0.3, -0.25) is 0 Å². The highest BCUT2D eigenvalue weighted by atomic mass is 16.3. The second-order valence-corrected chi connectivity index (χ2v) is 4.87. The van der Waals surface area contributed by atoms with Crippen LogP contribution in [0.25, 0.3) is 0 Å². The van der Waals surface area contributed by atoms with E-state index in [1.165, 1.54) is 11.1 Å². The highest BCUT2D eigenvalue weighted by Gasteiger charge is 2.19. The summed E-state index contributed by atoms with van der Waals surface area (Å²) in [5.41, 5.74) is 6.66. The molecule has 2 aromatic rings. The van der Waals surface area contributed by atoms with Crippen LogP contribution in [0.2, 0.25) is 0 Å². The van der Waals surface area contributed by atoms with Crippen molar-refractivity contribution in [3.8, 4) is 0 Å². The van der Waals surface area contributed by atoms with Gasteiger partial charge < -0.3 is 10.1 Å². The number of aliphatic hydroxyl groups excluding tert-OH is 1. The molecule has 1 atom stereocenters. The van der Waals surface area contributed by atoms with Gasteiger partial charge in [0.05, 0.1) is 5.69 Å². The van der Waals surface area contributed by atoms with Gasteiger partial charge in [-0.25, -0.2) is 0 Å². The van der Waals surface area contributed by atoms with Crippen molar-refractivity contribution in [3.63, 3.8) is 0 Å². The number of hydrogen-bond donors (Lipinski definition) is 2. The molecule has 18 heavy (non-hydrogen) atoms. The van der Waals surface area contributed by atoms with E-state index in [9.17, 15) is 5.11 Å². The highest BCUT2D eigenvalue weighted by molar-refractivity contribution is 5.41. The Balaban J connectivity index is 2.47. The van der Waals surface area contributed by atoms with Gasteiger partial charge in [-0.2, -0.15) is 0 Å². The van der Waals surface area contributed by atoms with Crippen LogP contribution in [0.3, 0.4) is 0 Å². The van der Waals surface area contributed by atoms with Crippen LogP contribution in [-0.4, -0.2) is 10.1 Å². The normalized spacial score (nSPS) is 12.7. The molecular weight excluding hydrogens is 222 g/mol. The second-order valence-electron chi connectivity index (χ2n) is 4.87. The minimum absolute atomic E-state index is 0.562. The standard InChI is InChI=1S/C16H21NO/c1-5-13-8-6-7-9-14(13)16(18)15-11(3)10(2)12(4)17-15/h6-9,16-18H,5H2,1-4H3. The Morgan fingerprint density at radius 3 is 2.33 bits per heavy atom. The molecule has 2 heteroatoms. The van der Waals surface area contributed by atoms with E-state index in [1.54, 1.807) is 0 Å². The molecule has 0 bridgehead atoms. The van der Waals surface area contributed by atoms with Gasteiger partial charge in [-0.15, -0.1) is 0 Å². The molecule has 0 saturated carbocycles. The van der Waals surface area contributed by atoms with Gasteiger partial charge in [0.15, 0.2) is 0 Å². The third-order valence-electron chi connectivity index (χ3n) is 3.86. The van der Waals surface area contributed by atoms with Gasteiger partial charge in [-0.05, 0) is 49.4 Å². The van der Waals surface area contributed by atoms with E-state index >= 15 is 0 Å². The molecule has 1 heterocycles. The van der Waals surface area contributed by atoms with Crippen molar-refractivity contribution < 1.29 is 5.11 Å². The topological polar surface area (TPSA) is 36.0 Å². The van der Waals surface area contributed by atoms with E-state index in [0.717, 1.165) is 28.9 Å². The van der Waals surface area contributed by atoms with Gasteiger partial charge in [0.2, 0.25) is 0 Å². The Morgan fingerprint density at radius 2 is 1.78 bits per heavy atom. The fourth-order valence-corrected chi connectivity index (χ4v) is 2.42. The monoisotopic (exact) mass is 243 g/mol. The van der Waals surface area contributed by atoms with E-state index < -0.39 is 6.10 Å². The largest absolute Gasteiger partial charge is 0.382 e. The zero-order valence-corrected chi connectivity index (χ0v) is 11.5. The van der Waals surface area contributed by atoms with Crippen molar-refractivity contribution in [1.29, 1.82) is 0 Å². The summed E-state index contributed by atoms with van der Waals surface area (Å²) in [7, 11) is 0. The number of aryl methyl sites for hydroxylation is 2. The first-order valence-corrected chi connectivity index (χ1v) is 6.47. The summed E-state index contributed by atoms with van der Waals surface area (Å²) in [6, 6.07) is 8.09. The smallest absolute Gasteiger partial charge is 0.119 e. The predicted molar refractivity (Wildman–Crippen MR) is 74.9 cm³/mol. The van der Waals surface area contributed by atoms with Crippen LogP contribution < -0.4 is 0 Å². The van der Waals surface area contributed by atoms with Crippen molar-refractivity contribution in [1.82, 2.24) is 4.98 Å². The minimum atomic E-state index is -0.562. The van der Waals surface area contributed by atoms with Gasteiger partial charge in [0.1, 0.15) is 6.10 Å². The van der Waals surface area contributed by atoms with Crippen molar-refractivity contribution in [2.45, 2.75) is 40.2 Å². The van der Waals surface area contributed by atoms with Crippen molar-refractivity contribution in [3.05, 3.63) is 57.9 Å². The summed E-state index contributed by atoms with van der Waals surface area (Å²) in [6.45, 7) is 8.31. The van der Waals surface area contributed by atoms with Gasteiger partial charge in [0.25, 0.3) is 0 Å². The molecule has 2 nitrogen and oxygen atoms in total. The lowest BCUT2D eigenvalue weighted by molar-refractivity contribution is 0.214. The Kier molecular flexibility index (Phi) is 3.58. The molecule has 0 aliphatic heterocycles. The highest BCUT2D eigenvalue weighted by Crippen LogP contribution is 2.29. The van der Waals surface area contributed by atoms with Gasteiger partial charge >= 0.3 is 0 Å². The number of hydrogen-bond acceptors (Lipinski definition) is 1. The van der Waals surface area contributed by atoms with E-state index in [4.69, 9.17) is 0 Å². The summed E-state index contributed by atoms with van der Waals surface area (Å²) >= 11 is 0. The number of aromatic amines is 1. The lowest BCUT2D eigenvalue weighted by atomic mass is 9.96. The molecule has 0 aliphatic carbocycles. The third kappa shape index (κ3) is 2.08. The van der Waals surface area contributed by atoms with Crippen LogP contribution in [0.1, 0.15) is 46.7 Å². The predicted octanol–water partition coefficient (Wildman–Crippen LogP) is 3.58. The Labute approximate surface area is 109 Å². The maximum atomic E-state index is 10.6. The Morgan fingerprint density at radius 1 is 1.11 bits per heavy atom. The van der Waals surface area contributed by atoms with Crippen molar-refractivity contribution in [2.75, 3.05) is 0 Å². The molecule has 1 aromatic carbocycles. The van der Waals surface area contributed by atoms with Crippen LogP contribution in [0.4, 0.5) is 0 Å². The molecule has 0 aliphatic rings. The average Bonchev–Trinajstić information content (AvgIpc) is 2.65. The lowest BCUT2D eigenvalue weighted by Gasteiger charge is -2.15. The number of aromatic nitrogens is 1. The van der Waals surface area contributed by atoms with Crippen molar-refractivity contribution in [2.24, 2.45) is 0 Å². The first kappa shape index (κ1) is 12.9. The zero-order valence-electron chi connectivity index (χ0n) is 11.5.